The summed E-state index contributed by atoms with van der Waals surface area (Å²) in [5.41, 5.74) is 0.749. The third kappa shape index (κ3) is 4.52. The van der Waals surface area contributed by atoms with Crippen molar-refractivity contribution in [1.29, 1.82) is 0 Å². The van der Waals surface area contributed by atoms with Crippen molar-refractivity contribution in [3.05, 3.63) is 26.2 Å². The Morgan fingerprint density at radius 1 is 1.54 bits per heavy atom. The average molecular weight is 456 g/mol. The van der Waals surface area contributed by atoms with Gasteiger partial charge < -0.3 is 14.8 Å². The number of nitrogens with zero attached hydrogens (tertiary/aromatic N) is 1. The molecule has 0 fully saturated rings. The Hall–Kier alpha value is -1.99. The summed E-state index contributed by atoms with van der Waals surface area (Å²) in [7, 11) is 1.53. The van der Waals surface area contributed by atoms with Crippen LogP contribution in [0.4, 0.5) is 0 Å². The Morgan fingerprint density at radius 2 is 2.29 bits per heavy atom. The highest BCUT2D eigenvalue weighted by atomic mass is 127. The average Bonchev–Trinajstić information content (AvgIpc) is 2.84. The van der Waals surface area contributed by atoms with Crippen LogP contribution in [0.2, 0.25) is 0 Å². The topological polar surface area (TPSA) is 77.0 Å². The second-order valence-corrected chi connectivity index (χ2v) is 6.73. The van der Waals surface area contributed by atoms with Crippen LogP contribution in [0.1, 0.15) is 12.5 Å². The van der Waals surface area contributed by atoms with Crippen LogP contribution in [0.3, 0.4) is 0 Å². The van der Waals surface area contributed by atoms with Crippen molar-refractivity contribution in [3.8, 4) is 23.8 Å². The largest absolute Gasteiger partial charge is 0.493 e. The zero-order valence-electron chi connectivity index (χ0n) is 12.9. The molecule has 6 nitrogen and oxygen atoms in total. The number of methoxy groups -OCH3 is 1. The standard InChI is InChI=1S/C16H13IN2O4S/c1-4-5-23-14-11(17)6-10(7-12(14)22-3)8-13-15(21)19-16(24-13)18-9(2)20/h1,6-8H,5H2,2-3H3,(H,18,19,20,21)/b13-8-. The van der Waals surface area contributed by atoms with Gasteiger partial charge >= 0.3 is 0 Å². The molecule has 1 aromatic carbocycles. The monoisotopic (exact) mass is 456 g/mol. The van der Waals surface area contributed by atoms with Crippen molar-refractivity contribution >= 4 is 57.4 Å². The first kappa shape index (κ1) is 18.4. The fraction of sp³-hybridized carbons (Fsp3) is 0.188. The molecule has 1 N–H and O–H groups in total. The molecule has 1 heterocycles. The molecule has 0 radical (unpaired) electrons. The molecule has 1 aromatic rings. The second kappa shape index (κ2) is 8.21. The van der Waals surface area contributed by atoms with Gasteiger partial charge in [0.2, 0.25) is 5.91 Å². The van der Waals surface area contributed by atoms with Crippen molar-refractivity contribution in [2.45, 2.75) is 6.92 Å². The molecule has 0 aromatic heterocycles. The number of benzene rings is 1. The highest BCUT2D eigenvalue weighted by molar-refractivity contribution is 14.1. The van der Waals surface area contributed by atoms with Gasteiger partial charge in [-0.05, 0) is 58.1 Å². The number of aliphatic imine (C=N–C) groups is 1. The van der Waals surface area contributed by atoms with Crippen molar-refractivity contribution in [3.63, 3.8) is 0 Å². The molecule has 2 rings (SSSR count). The van der Waals surface area contributed by atoms with E-state index in [2.05, 4.69) is 38.8 Å². The number of halogens is 1. The maximum absolute atomic E-state index is 11.9. The molecule has 0 saturated heterocycles. The van der Waals surface area contributed by atoms with Gasteiger partial charge in [0, 0.05) is 6.92 Å². The molecule has 0 atom stereocenters. The van der Waals surface area contributed by atoms with Gasteiger partial charge in [0.25, 0.3) is 5.91 Å². The number of hydrogen-bond acceptors (Lipinski definition) is 5. The predicted molar refractivity (Wildman–Crippen MR) is 102 cm³/mol. The van der Waals surface area contributed by atoms with Crippen molar-refractivity contribution < 1.29 is 19.1 Å². The second-order valence-electron chi connectivity index (χ2n) is 4.54. The SMILES string of the molecule is C#CCOc1c(I)cc(/C=C2\SC(NC(C)=O)=NC2=O)cc1OC. The van der Waals surface area contributed by atoms with E-state index in [9.17, 15) is 9.59 Å². The molecule has 0 spiro atoms. The Morgan fingerprint density at radius 3 is 2.92 bits per heavy atom. The number of amidine groups is 1. The summed E-state index contributed by atoms with van der Waals surface area (Å²) in [4.78, 5) is 27.2. The van der Waals surface area contributed by atoms with Crippen molar-refractivity contribution in [1.82, 2.24) is 5.32 Å². The van der Waals surface area contributed by atoms with Crippen LogP contribution in [-0.2, 0) is 9.59 Å². The summed E-state index contributed by atoms with van der Waals surface area (Å²) < 4.78 is 11.6. The molecule has 8 heteroatoms. The van der Waals surface area contributed by atoms with E-state index in [4.69, 9.17) is 15.9 Å². The van der Waals surface area contributed by atoms with Crippen molar-refractivity contribution in [2.24, 2.45) is 4.99 Å². The maximum atomic E-state index is 11.9. The molecule has 24 heavy (non-hydrogen) atoms. The smallest absolute Gasteiger partial charge is 0.286 e. The zero-order chi connectivity index (χ0) is 17.7. The van der Waals surface area contributed by atoms with Crippen LogP contribution in [0.25, 0.3) is 6.08 Å². The van der Waals surface area contributed by atoms with Crippen LogP contribution in [0, 0.1) is 15.9 Å². The highest BCUT2D eigenvalue weighted by Crippen LogP contribution is 2.36. The molecule has 2 amide bonds. The Kier molecular flexibility index (Phi) is 6.28. The van der Waals surface area contributed by atoms with Crippen LogP contribution < -0.4 is 14.8 Å². The van der Waals surface area contributed by atoms with E-state index in [1.807, 2.05) is 6.07 Å². The van der Waals surface area contributed by atoms with Crippen LogP contribution in [-0.4, -0.2) is 30.7 Å². The maximum Gasteiger partial charge on any atom is 0.286 e. The molecule has 0 unspecified atom stereocenters. The summed E-state index contributed by atoms with van der Waals surface area (Å²) in [6, 6.07) is 3.58. The number of thioether (sulfide) groups is 1. The molecular weight excluding hydrogens is 443 g/mol. The van der Waals surface area contributed by atoms with E-state index in [-0.39, 0.29) is 17.7 Å². The molecule has 1 aliphatic heterocycles. The molecule has 1 aliphatic rings. The minimum Gasteiger partial charge on any atom is -0.493 e. The van der Waals surface area contributed by atoms with Gasteiger partial charge in [-0.3, -0.25) is 9.59 Å². The number of nitrogens with one attached hydrogen (secondary N) is 1. The van der Waals surface area contributed by atoms with Crippen LogP contribution in [0.15, 0.2) is 22.0 Å². The molecular formula is C16H13IN2O4S. The number of amides is 2. The third-order valence-corrected chi connectivity index (χ3v) is 4.45. The Labute approximate surface area is 157 Å². The van der Waals surface area contributed by atoms with Gasteiger partial charge in [0.1, 0.15) is 6.61 Å². The molecule has 124 valence electrons. The summed E-state index contributed by atoms with van der Waals surface area (Å²) in [6.07, 6.45) is 6.89. The third-order valence-electron chi connectivity index (χ3n) is 2.75. The molecule has 0 saturated carbocycles. The van der Waals surface area contributed by atoms with Crippen LogP contribution in [0.5, 0.6) is 11.5 Å². The van der Waals surface area contributed by atoms with Crippen LogP contribution >= 0.6 is 34.4 Å². The van der Waals surface area contributed by atoms with E-state index in [0.29, 0.717) is 16.4 Å². The van der Waals surface area contributed by atoms with Gasteiger partial charge in [-0.2, -0.15) is 4.99 Å². The van der Waals surface area contributed by atoms with E-state index in [1.165, 1.54) is 14.0 Å². The number of terminal acetylenes is 1. The van der Waals surface area contributed by atoms with Crippen molar-refractivity contribution in [2.75, 3.05) is 13.7 Å². The van der Waals surface area contributed by atoms with Gasteiger partial charge in [0.05, 0.1) is 15.6 Å². The lowest BCUT2D eigenvalue weighted by Crippen LogP contribution is -2.23. The summed E-state index contributed by atoms with van der Waals surface area (Å²) in [5.74, 6) is 2.80. The Balaban J connectivity index is 2.28. The number of carbonyl (C=O) groups is 2. The minimum atomic E-state index is -0.398. The van der Waals surface area contributed by atoms with E-state index in [1.54, 1.807) is 12.1 Å². The summed E-state index contributed by atoms with van der Waals surface area (Å²) >= 11 is 3.21. The minimum absolute atomic E-state index is 0.134. The number of ether oxygens (including phenoxy) is 2. The first-order valence-electron chi connectivity index (χ1n) is 6.68. The summed E-state index contributed by atoms with van der Waals surface area (Å²) in [6.45, 7) is 1.49. The number of rotatable bonds is 4. The zero-order valence-corrected chi connectivity index (χ0v) is 15.9. The number of hydrogen-bond donors (Lipinski definition) is 1. The van der Waals surface area contributed by atoms with Gasteiger partial charge in [0.15, 0.2) is 16.7 Å². The lowest BCUT2D eigenvalue weighted by atomic mass is 10.2. The fourth-order valence-electron chi connectivity index (χ4n) is 1.84. The number of carbonyl (C=O) groups excluding carboxylic acids is 2. The Bertz CT molecular complexity index is 796. The lowest BCUT2D eigenvalue weighted by Gasteiger charge is -2.12. The van der Waals surface area contributed by atoms with Gasteiger partial charge in [-0.15, -0.1) is 6.42 Å². The molecule has 0 bridgehead atoms. The first-order valence-corrected chi connectivity index (χ1v) is 8.58. The van der Waals surface area contributed by atoms with E-state index >= 15 is 0 Å². The van der Waals surface area contributed by atoms with E-state index in [0.717, 1.165) is 20.9 Å². The van der Waals surface area contributed by atoms with Gasteiger partial charge in [-0.25, -0.2) is 0 Å². The lowest BCUT2D eigenvalue weighted by molar-refractivity contribution is -0.117. The summed E-state index contributed by atoms with van der Waals surface area (Å²) in [5, 5.41) is 2.77. The van der Waals surface area contributed by atoms with E-state index < -0.39 is 5.91 Å². The fourth-order valence-corrected chi connectivity index (χ4v) is 3.48. The first-order chi connectivity index (χ1) is 11.4. The van der Waals surface area contributed by atoms with Gasteiger partial charge in [-0.1, -0.05) is 5.92 Å². The highest BCUT2D eigenvalue weighted by Gasteiger charge is 2.23. The molecule has 0 aliphatic carbocycles. The predicted octanol–water partition coefficient (Wildman–Crippen LogP) is 2.42. The normalized spacial score (nSPS) is 15.0. The quantitative estimate of drug-likeness (QED) is 0.428.